The van der Waals surface area contributed by atoms with Gasteiger partial charge in [0, 0.05) is 12.3 Å². The molecule has 2 rings (SSSR count). The van der Waals surface area contributed by atoms with Gasteiger partial charge < -0.3 is 5.11 Å². The van der Waals surface area contributed by atoms with E-state index in [1.54, 1.807) is 0 Å². The third kappa shape index (κ3) is 3.30. The number of nitrogens with zero attached hydrogens (tertiary/aromatic N) is 2. The van der Waals surface area contributed by atoms with E-state index >= 15 is 0 Å². The minimum atomic E-state index is -0.520. The van der Waals surface area contributed by atoms with Gasteiger partial charge in [-0.1, -0.05) is 6.92 Å². The maximum Gasteiger partial charge on any atom is 0.264 e. The summed E-state index contributed by atoms with van der Waals surface area (Å²) in [7, 11) is 0. The number of aromatic hydroxyl groups is 1. The van der Waals surface area contributed by atoms with Crippen LogP contribution in [0.15, 0.2) is 34.1 Å². The van der Waals surface area contributed by atoms with Gasteiger partial charge in [-0.25, -0.2) is 4.39 Å². The maximum absolute atomic E-state index is 12.8. The number of benzene rings is 1. The lowest BCUT2D eigenvalue weighted by Gasteiger charge is -2.16. The molecule has 1 aromatic heterocycles. The van der Waals surface area contributed by atoms with E-state index in [2.05, 4.69) is 9.98 Å². The Morgan fingerprint density at radius 1 is 1.45 bits per heavy atom. The second kappa shape index (κ2) is 6.65. The molecule has 0 aliphatic heterocycles. The highest BCUT2D eigenvalue weighted by atomic mass is 32.1. The highest BCUT2D eigenvalue weighted by molar-refractivity contribution is 7.71. The van der Waals surface area contributed by atoms with E-state index < -0.39 is 5.56 Å². The highest BCUT2D eigenvalue weighted by Crippen LogP contribution is 2.21. The Kier molecular flexibility index (Phi) is 4.87. The number of aromatic nitrogens is 2. The molecule has 0 unspecified atom stereocenters. The van der Waals surface area contributed by atoms with Gasteiger partial charge in [0.05, 0.1) is 5.69 Å². The molecule has 2 N–H and O–H groups in total. The summed E-state index contributed by atoms with van der Waals surface area (Å²) in [5.74, 6) is -0.598. The lowest BCUT2D eigenvalue weighted by Crippen LogP contribution is -2.20. The van der Waals surface area contributed by atoms with Gasteiger partial charge in [0.25, 0.3) is 5.56 Å². The van der Waals surface area contributed by atoms with Crippen LogP contribution in [-0.2, 0) is 0 Å². The molecule has 0 saturated carbocycles. The summed E-state index contributed by atoms with van der Waals surface area (Å²) >= 11 is 5.08. The molecule has 0 saturated heterocycles. The summed E-state index contributed by atoms with van der Waals surface area (Å²) in [5.41, 5.74) is -0.0381. The largest absolute Gasteiger partial charge is 0.494 e. The van der Waals surface area contributed by atoms with Crippen LogP contribution in [-0.4, -0.2) is 20.9 Å². The minimum absolute atomic E-state index is 0.0122. The van der Waals surface area contributed by atoms with Crippen LogP contribution >= 0.6 is 12.2 Å². The van der Waals surface area contributed by atoms with Crippen molar-refractivity contribution in [3.05, 3.63) is 50.8 Å². The van der Waals surface area contributed by atoms with Crippen molar-refractivity contribution in [3.63, 3.8) is 0 Å². The Hall–Kier alpha value is -2.28. The van der Waals surface area contributed by atoms with Crippen LogP contribution in [0.3, 0.4) is 0 Å². The van der Waals surface area contributed by atoms with Gasteiger partial charge in [0.1, 0.15) is 11.4 Å². The Morgan fingerprint density at radius 3 is 2.68 bits per heavy atom. The molecule has 1 aromatic carbocycles. The number of halogens is 1. The Labute approximate surface area is 131 Å². The first-order chi connectivity index (χ1) is 10.4. The van der Waals surface area contributed by atoms with E-state index in [4.69, 9.17) is 12.2 Å². The van der Waals surface area contributed by atoms with E-state index in [0.717, 1.165) is 6.42 Å². The van der Waals surface area contributed by atoms with Crippen molar-refractivity contribution >= 4 is 24.1 Å². The van der Waals surface area contributed by atoms with Crippen molar-refractivity contribution in [3.8, 4) is 5.88 Å². The third-order valence-electron chi connectivity index (χ3n) is 3.35. The minimum Gasteiger partial charge on any atom is -0.494 e. The second-order valence-electron chi connectivity index (χ2n) is 4.86. The summed E-state index contributed by atoms with van der Waals surface area (Å²) in [6.45, 7) is 3.83. The number of aromatic amines is 1. The van der Waals surface area contributed by atoms with Gasteiger partial charge in [0.2, 0.25) is 5.88 Å². The zero-order valence-corrected chi connectivity index (χ0v) is 13.0. The Balaban J connectivity index is 2.49. The fourth-order valence-electron chi connectivity index (χ4n) is 1.93. The number of H-pyrrole nitrogens is 1. The zero-order chi connectivity index (χ0) is 16.3. The lowest BCUT2D eigenvalue weighted by atomic mass is 10.2. The quantitative estimate of drug-likeness (QED) is 0.669. The van der Waals surface area contributed by atoms with Crippen LogP contribution in [0.2, 0.25) is 0 Å². The summed E-state index contributed by atoms with van der Waals surface area (Å²) < 4.78 is 14.5. The fraction of sp³-hybridized carbons (Fsp3) is 0.267. The molecule has 7 heteroatoms. The number of rotatable bonds is 4. The zero-order valence-electron chi connectivity index (χ0n) is 12.2. The van der Waals surface area contributed by atoms with Gasteiger partial charge in [-0.15, -0.1) is 0 Å². The van der Waals surface area contributed by atoms with Crippen molar-refractivity contribution in [1.82, 2.24) is 9.55 Å². The normalized spacial score (nSPS) is 12.7. The number of nitrogens with one attached hydrogen (secondary N) is 1. The molecule has 0 aliphatic rings. The van der Waals surface area contributed by atoms with Gasteiger partial charge in [-0.2, -0.15) is 0 Å². The molecule has 0 bridgehead atoms. The summed E-state index contributed by atoms with van der Waals surface area (Å²) in [5, 5.41) is 10.3. The van der Waals surface area contributed by atoms with Crippen molar-refractivity contribution < 1.29 is 9.50 Å². The van der Waals surface area contributed by atoms with Crippen LogP contribution in [0.1, 0.15) is 31.9 Å². The standard InChI is InChI=1S/C15H16FN3O2S/c1-3-9(2)19-14(21)12(13(20)18-15(19)22)8-17-11-6-4-10(16)5-7-11/h4-9,21H,3H2,1-2H3,(H,18,20,22)/t9-/m0/s1. The van der Waals surface area contributed by atoms with Crippen molar-refractivity contribution in [2.24, 2.45) is 4.99 Å². The predicted octanol–water partition coefficient (Wildman–Crippen LogP) is 3.47. The molecule has 5 nitrogen and oxygen atoms in total. The lowest BCUT2D eigenvalue weighted by molar-refractivity contribution is 0.371. The van der Waals surface area contributed by atoms with Crippen LogP contribution in [0.5, 0.6) is 5.88 Å². The molecular weight excluding hydrogens is 305 g/mol. The average Bonchev–Trinajstić information content (AvgIpc) is 2.48. The van der Waals surface area contributed by atoms with Crippen molar-refractivity contribution in [1.29, 1.82) is 0 Å². The molecule has 116 valence electrons. The monoisotopic (exact) mass is 321 g/mol. The topological polar surface area (TPSA) is 70.4 Å². The van der Waals surface area contributed by atoms with Crippen LogP contribution < -0.4 is 5.56 Å². The van der Waals surface area contributed by atoms with Gasteiger partial charge >= 0.3 is 0 Å². The van der Waals surface area contributed by atoms with Crippen molar-refractivity contribution in [2.45, 2.75) is 26.3 Å². The molecule has 0 fully saturated rings. The number of hydrogen-bond donors (Lipinski definition) is 2. The molecule has 1 heterocycles. The van der Waals surface area contributed by atoms with E-state index in [1.807, 2.05) is 13.8 Å². The fourth-order valence-corrected chi connectivity index (χ4v) is 2.29. The highest BCUT2D eigenvalue weighted by Gasteiger charge is 2.14. The first-order valence-corrected chi connectivity index (χ1v) is 7.22. The van der Waals surface area contributed by atoms with Crippen LogP contribution in [0, 0.1) is 10.6 Å². The molecule has 0 spiro atoms. The summed E-state index contributed by atoms with van der Waals surface area (Å²) in [4.78, 5) is 18.5. The SMILES string of the molecule is CC[C@H](C)n1c(O)c(C=Nc2ccc(F)cc2)c(=O)[nH]c1=S. The van der Waals surface area contributed by atoms with E-state index in [-0.39, 0.29) is 28.1 Å². The molecule has 2 aromatic rings. The Morgan fingerprint density at radius 2 is 2.09 bits per heavy atom. The van der Waals surface area contributed by atoms with Gasteiger partial charge in [-0.3, -0.25) is 19.3 Å². The van der Waals surface area contributed by atoms with Gasteiger partial charge in [-0.05, 0) is 49.8 Å². The summed E-state index contributed by atoms with van der Waals surface area (Å²) in [6.07, 6.45) is 1.98. The molecule has 0 aliphatic carbocycles. The van der Waals surface area contributed by atoms with Crippen LogP contribution in [0.25, 0.3) is 0 Å². The average molecular weight is 321 g/mol. The predicted molar refractivity (Wildman–Crippen MR) is 86.2 cm³/mol. The first kappa shape index (κ1) is 16.1. The number of aliphatic imine (C=N–C) groups is 1. The summed E-state index contributed by atoms with van der Waals surface area (Å²) in [6, 6.07) is 5.41. The Bertz CT molecular complexity index is 809. The molecule has 22 heavy (non-hydrogen) atoms. The third-order valence-corrected chi connectivity index (χ3v) is 3.65. The molecule has 0 radical (unpaired) electrons. The second-order valence-corrected chi connectivity index (χ2v) is 5.25. The van der Waals surface area contributed by atoms with Crippen LogP contribution in [0.4, 0.5) is 10.1 Å². The van der Waals surface area contributed by atoms with Crippen molar-refractivity contribution in [2.75, 3.05) is 0 Å². The van der Waals surface area contributed by atoms with Gasteiger partial charge in [0.15, 0.2) is 4.77 Å². The molecule has 0 amide bonds. The maximum atomic E-state index is 12.8. The molecular formula is C15H16FN3O2S. The smallest absolute Gasteiger partial charge is 0.264 e. The van der Waals surface area contributed by atoms with E-state index in [0.29, 0.717) is 5.69 Å². The first-order valence-electron chi connectivity index (χ1n) is 6.81. The number of hydrogen-bond acceptors (Lipinski definition) is 4. The van der Waals surface area contributed by atoms with E-state index in [1.165, 1.54) is 35.0 Å². The molecule has 1 atom stereocenters. The van der Waals surface area contributed by atoms with E-state index in [9.17, 15) is 14.3 Å².